The highest BCUT2D eigenvalue weighted by molar-refractivity contribution is 5.85. The van der Waals surface area contributed by atoms with Crippen LogP contribution in [-0.4, -0.2) is 11.9 Å². The Morgan fingerprint density at radius 1 is 1.29 bits per heavy atom. The number of nitrogens with two attached hydrogens (primary N) is 1. The molecule has 0 aromatic heterocycles. The maximum Gasteiger partial charge on any atom is 0.223 e. The first kappa shape index (κ1) is 20.8. The van der Waals surface area contributed by atoms with Gasteiger partial charge in [-0.25, -0.2) is 8.78 Å². The second kappa shape index (κ2) is 8.26. The molecule has 24 heavy (non-hydrogen) atoms. The number of carbonyl (C=O) groups excluding carboxylic acids is 1. The molecule has 2 rings (SSSR count). The van der Waals surface area contributed by atoms with Crippen LogP contribution in [0.4, 0.5) is 8.78 Å². The molecule has 0 bridgehead atoms. The Morgan fingerprint density at radius 3 is 2.50 bits per heavy atom. The fourth-order valence-corrected chi connectivity index (χ4v) is 3.22. The molecule has 136 valence electrons. The molecule has 1 aliphatic rings. The molecule has 3 N–H and O–H groups in total. The van der Waals surface area contributed by atoms with Crippen LogP contribution in [0.15, 0.2) is 18.2 Å². The molecule has 0 spiro atoms. The second-order valence-electron chi connectivity index (χ2n) is 7.60. The van der Waals surface area contributed by atoms with Gasteiger partial charge in [0.15, 0.2) is 0 Å². The number of amides is 1. The first-order valence-electron chi connectivity index (χ1n) is 8.19. The Labute approximate surface area is 148 Å². The van der Waals surface area contributed by atoms with Gasteiger partial charge in [0.05, 0.1) is 6.04 Å². The van der Waals surface area contributed by atoms with Gasteiger partial charge in [0.2, 0.25) is 5.91 Å². The van der Waals surface area contributed by atoms with Crippen LogP contribution in [0.1, 0.15) is 58.1 Å². The topological polar surface area (TPSA) is 55.1 Å². The molecule has 0 radical (unpaired) electrons. The van der Waals surface area contributed by atoms with Gasteiger partial charge in [-0.05, 0) is 30.7 Å². The first-order chi connectivity index (χ1) is 10.7. The van der Waals surface area contributed by atoms with E-state index in [0.29, 0.717) is 12.0 Å². The van der Waals surface area contributed by atoms with Crippen LogP contribution in [-0.2, 0) is 4.79 Å². The minimum absolute atomic E-state index is 0. The van der Waals surface area contributed by atoms with Gasteiger partial charge in [0.25, 0.3) is 0 Å². The molecule has 1 aromatic rings. The van der Waals surface area contributed by atoms with Crippen molar-refractivity contribution in [1.29, 1.82) is 0 Å². The van der Waals surface area contributed by atoms with E-state index in [9.17, 15) is 13.6 Å². The van der Waals surface area contributed by atoms with E-state index in [4.69, 9.17) is 5.73 Å². The molecule has 1 aromatic carbocycles. The Hall–Kier alpha value is -1.20. The van der Waals surface area contributed by atoms with E-state index >= 15 is 0 Å². The summed E-state index contributed by atoms with van der Waals surface area (Å²) in [6, 6.07) is 3.02. The predicted molar refractivity (Wildman–Crippen MR) is 93.9 cm³/mol. The molecule has 0 heterocycles. The highest BCUT2D eigenvalue weighted by Crippen LogP contribution is 2.35. The zero-order chi connectivity index (χ0) is 17.2. The van der Waals surface area contributed by atoms with Gasteiger partial charge < -0.3 is 11.1 Å². The van der Waals surface area contributed by atoms with Crippen molar-refractivity contribution in [1.82, 2.24) is 5.32 Å². The third kappa shape index (κ3) is 5.15. The third-order valence-electron chi connectivity index (χ3n) is 4.51. The molecular weight excluding hydrogens is 334 g/mol. The summed E-state index contributed by atoms with van der Waals surface area (Å²) >= 11 is 0. The standard InChI is InChI=1S/C18H26F2N2O.ClH/c1-18(2,3)16(14-8-7-12(19)10-15(14)20)22-17(23)11-5-4-6-13(21)9-11;/h7-8,10-11,13,16H,4-6,9,21H2,1-3H3,(H,22,23);1H. The van der Waals surface area contributed by atoms with Gasteiger partial charge in [-0.3, -0.25) is 4.79 Å². The maximum absolute atomic E-state index is 14.2. The van der Waals surface area contributed by atoms with E-state index in [1.54, 1.807) is 0 Å². The number of benzene rings is 1. The van der Waals surface area contributed by atoms with Crippen LogP contribution in [0.2, 0.25) is 0 Å². The number of nitrogens with one attached hydrogen (secondary N) is 1. The van der Waals surface area contributed by atoms with Crippen LogP contribution in [0, 0.1) is 23.0 Å². The summed E-state index contributed by atoms with van der Waals surface area (Å²) in [5, 5.41) is 2.97. The van der Waals surface area contributed by atoms with Gasteiger partial charge >= 0.3 is 0 Å². The van der Waals surface area contributed by atoms with Crippen LogP contribution in [0.3, 0.4) is 0 Å². The van der Waals surface area contributed by atoms with Gasteiger partial charge in [0.1, 0.15) is 11.6 Å². The molecule has 1 fully saturated rings. The lowest BCUT2D eigenvalue weighted by molar-refractivity contribution is -0.127. The molecule has 0 aliphatic heterocycles. The quantitative estimate of drug-likeness (QED) is 0.852. The summed E-state index contributed by atoms with van der Waals surface area (Å²) in [6.45, 7) is 5.77. The monoisotopic (exact) mass is 360 g/mol. The molecule has 1 saturated carbocycles. The Balaban J connectivity index is 0.00000288. The summed E-state index contributed by atoms with van der Waals surface area (Å²) in [4.78, 5) is 12.6. The highest BCUT2D eigenvalue weighted by atomic mass is 35.5. The average molecular weight is 361 g/mol. The van der Waals surface area contributed by atoms with Crippen molar-refractivity contribution in [3.63, 3.8) is 0 Å². The summed E-state index contributed by atoms with van der Waals surface area (Å²) in [5.74, 6) is -1.48. The average Bonchev–Trinajstić information content (AvgIpc) is 2.44. The molecule has 1 amide bonds. The fourth-order valence-electron chi connectivity index (χ4n) is 3.22. The molecule has 6 heteroatoms. The zero-order valence-corrected chi connectivity index (χ0v) is 15.3. The highest BCUT2D eigenvalue weighted by Gasteiger charge is 2.33. The maximum atomic E-state index is 14.2. The number of carbonyl (C=O) groups is 1. The van der Waals surface area contributed by atoms with E-state index in [2.05, 4.69) is 5.32 Å². The summed E-state index contributed by atoms with van der Waals surface area (Å²) in [6.07, 6.45) is 3.35. The fraction of sp³-hybridized carbons (Fsp3) is 0.611. The lowest BCUT2D eigenvalue weighted by Crippen LogP contribution is -2.43. The Kier molecular flexibility index (Phi) is 7.17. The van der Waals surface area contributed by atoms with Gasteiger partial charge in [0, 0.05) is 23.6 Å². The molecule has 0 saturated heterocycles. The normalized spacial score (nSPS) is 22.4. The molecule has 1 aliphatic carbocycles. The number of hydrogen-bond donors (Lipinski definition) is 2. The smallest absolute Gasteiger partial charge is 0.223 e. The number of hydrogen-bond acceptors (Lipinski definition) is 2. The zero-order valence-electron chi connectivity index (χ0n) is 14.4. The van der Waals surface area contributed by atoms with Gasteiger partial charge in [-0.1, -0.05) is 33.3 Å². The van der Waals surface area contributed by atoms with Crippen LogP contribution in [0.5, 0.6) is 0 Å². The lowest BCUT2D eigenvalue weighted by Gasteiger charge is -2.34. The molecular formula is C18H27ClF2N2O. The molecule has 3 atom stereocenters. The van der Waals surface area contributed by atoms with Gasteiger partial charge in [-0.2, -0.15) is 0 Å². The van der Waals surface area contributed by atoms with E-state index in [0.717, 1.165) is 25.3 Å². The van der Waals surface area contributed by atoms with Crippen LogP contribution < -0.4 is 11.1 Å². The van der Waals surface area contributed by atoms with E-state index in [1.807, 2.05) is 20.8 Å². The third-order valence-corrected chi connectivity index (χ3v) is 4.51. The van der Waals surface area contributed by atoms with Crippen molar-refractivity contribution in [3.05, 3.63) is 35.4 Å². The summed E-state index contributed by atoms with van der Waals surface area (Å²) in [7, 11) is 0. The number of rotatable bonds is 3. The molecule has 3 nitrogen and oxygen atoms in total. The van der Waals surface area contributed by atoms with Crippen molar-refractivity contribution < 1.29 is 13.6 Å². The van der Waals surface area contributed by atoms with Crippen molar-refractivity contribution in [3.8, 4) is 0 Å². The van der Waals surface area contributed by atoms with Gasteiger partial charge in [-0.15, -0.1) is 12.4 Å². The minimum atomic E-state index is -0.634. The van der Waals surface area contributed by atoms with Crippen LogP contribution >= 0.6 is 12.4 Å². The Bertz CT molecular complexity index is 575. The van der Waals surface area contributed by atoms with Crippen molar-refractivity contribution in [2.24, 2.45) is 17.1 Å². The van der Waals surface area contributed by atoms with E-state index in [1.165, 1.54) is 12.1 Å². The molecule has 3 unspecified atom stereocenters. The van der Waals surface area contributed by atoms with Crippen molar-refractivity contribution in [2.45, 2.75) is 58.5 Å². The predicted octanol–water partition coefficient (Wildman–Crippen LogP) is 4.11. The second-order valence-corrected chi connectivity index (χ2v) is 7.60. The van der Waals surface area contributed by atoms with Crippen LogP contribution in [0.25, 0.3) is 0 Å². The SMILES string of the molecule is CC(C)(C)C(NC(=O)C1CCCC(N)C1)c1ccc(F)cc1F.Cl. The Morgan fingerprint density at radius 2 is 1.96 bits per heavy atom. The van der Waals surface area contributed by atoms with Crippen molar-refractivity contribution >= 4 is 18.3 Å². The minimum Gasteiger partial charge on any atom is -0.348 e. The van der Waals surface area contributed by atoms with Crippen molar-refractivity contribution in [2.75, 3.05) is 0 Å². The summed E-state index contributed by atoms with van der Waals surface area (Å²) in [5.41, 5.74) is 5.86. The number of halogens is 3. The first-order valence-corrected chi connectivity index (χ1v) is 8.19. The van der Waals surface area contributed by atoms with E-state index < -0.39 is 23.1 Å². The lowest BCUT2D eigenvalue weighted by atomic mass is 9.80. The largest absolute Gasteiger partial charge is 0.348 e. The summed E-state index contributed by atoms with van der Waals surface area (Å²) < 4.78 is 27.3. The van der Waals surface area contributed by atoms with E-state index in [-0.39, 0.29) is 30.3 Å².